The Morgan fingerprint density at radius 2 is 0.614 bits per heavy atom. The summed E-state index contributed by atoms with van der Waals surface area (Å²) in [5.41, 5.74) is 27.0. The first-order valence-electron chi connectivity index (χ1n) is 43.0. The lowest BCUT2D eigenvalue weighted by Gasteiger charge is -2.34. The number of rotatable bonds is 8. The number of nitrogens with zero attached hydrogens (tertiary/aromatic N) is 3. The Morgan fingerprint density at radius 1 is 0.228 bits per heavy atom. The van der Waals surface area contributed by atoms with Crippen LogP contribution in [-0.4, -0.2) is 13.7 Å². The first-order valence-corrected chi connectivity index (χ1v) is 46.2. The summed E-state index contributed by atoms with van der Waals surface area (Å²) < 4.78 is 19.6. The predicted octanol–water partition coefficient (Wildman–Crippen LogP) is 34.9. The van der Waals surface area contributed by atoms with Gasteiger partial charge in [0.1, 0.15) is 11.2 Å². The van der Waals surface area contributed by atoms with Crippen LogP contribution >= 0.6 is 59.1 Å². The van der Waals surface area contributed by atoms with Gasteiger partial charge >= 0.3 is 0 Å². The van der Waals surface area contributed by atoms with Crippen molar-refractivity contribution in [2.45, 2.75) is 5.41 Å². The number of furan rings is 1. The monoisotopic (exact) mass is 1830 g/mol. The highest BCUT2D eigenvalue weighted by molar-refractivity contribution is 9.11. The van der Waals surface area contributed by atoms with Gasteiger partial charge in [0.25, 0.3) is 0 Å². The topological polar surface area (TPSA) is 27.9 Å². The Kier molecular flexibility index (Phi) is 17.8. The maximum atomic E-state index is 6.28. The van der Waals surface area contributed by atoms with Gasteiger partial charge in [-0.25, -0.2) is 0 Å². The molecule has 5 heterocycles. The number of benzene rings is 21. The zero-order valence-corrected chi connectivity index (χ0v) is 73.9. The SMILES string of the molecule is Brc1ccccc1-c1ccc2c3ccc4ccccc4c3n(-c3ccc4c(c3)-c3c(ccc5ccccc35)C4(c3ccccc3)c3ccccc3)c2c1.Brc1ccccc1-c1ccc2c3ccccc3n(-c3ccc4oc5ccc6ccccc6c5c4c3)c2c1.Brc1ccccc1-c1ccc2c3ccccc3n(-c3ccc4sc5ccc6ccccc6c5c4c3)c2c1. The minimum absolute atomic E-state index is 0.476. The van der Waals surface area contributed by atoms with E-state index in [-0.39, 0.29) is 0 Å². The highest BCUT2D eigenvalue weighted by Crippen LogP contribution is 2.59. The van der Waals surface area contributed by atoms with E-state index in [1.165, 1.54) is 207 Å². The number of hydrogen-bond donors (Lipinski definition) is 0. The second kappa shape index (κ2) is 30.2. The van der Waals surface area contributed by atoms with Crippen molar-refractivity contribution in [1.82, 2.24) is 13.7 Å². The Balaban J connectivity index is 0.000000106. The normalized spacial score (nSPS) is 12.4. The Bertz CT molecular complexity index is 8690. The molecule has 4 nitrogen and oxygen atoms in total. The summed E-state index contributed by atoms with van der Waals surface area (Å²) in [6.07, 6.45) is 0. The summed E-state index contributed by atoms with van der Waals surface area (Å²) >= 11 is 13.2. The number of thiophene rings is 1. The Morgan fingerprint density at radius 3 is 1.19 bits per heavy atom. The van der Waals surface area contributed by atoms with E-state index in [1.54, 1.807) is 0 Å². The molecule has 26 aromatic rings. The second-order valence-electron chi connectivity index (χ2n) is 33.2. The maximum Gasteiger partial charge on any atom is 0.136 e. The fraction of sp³-hybridized carbons (Fsp3) is 0.00840. The molecular formula is C119H72Br3N3OS. The van der Waals surface area contributed by atoms with Crippen molar-refractivity contribution in [2.24, 2.45) is 0 Å². The lowest BCUT2D eigenvalue weighted by molar-refractivity contribution is 0.669. The molecule has 21 aromatic carbocycles. The predicted molar refractivity (Wildman–Crippen MR) is 549 cm³/mol. The van der Waals surface area contributed by atoms with Crippen LogP contribution in [0.2, 0.25) is 0 Å². The number of halogens is 3. The van der Waals surface area contributed by atoms with Gasteiger partial charge in [-0.3, -0.25) is 0 Å². The molecule has 0 fully saturated rings. The molecule has 0 aliphatic heterocycles. The molecule has 0 saturated carbocycles. The molecule has 1 aliphatic rings. The Hall–Kier alpha value is -14.5. The van der Waals surface area contributed by atoms with Gasteiger partial charge < -0.3 is 18.1 Å². The van der Waals surface area contributed by atoms with Crippen molar-refractivity contribution in [3.8, 4) is 61.6 Å². The average Bonchev–Trinajstić information content (AvgIpc) is 1.52. The quantitative estimate of drug-likeness (QED) is 0.149. The second-order valence-corrected chi connectivity index (χ2v) is 36.8. The van der Waals surface area contributed by atoms with Crippen LogP contribution in [0, 0.1) is 0 Å². The lowest BCUT2D eigenvalue weighted by atomic mass is 9.67. The summed E-state index contributed by atoms with van der Waals surface area (Å²) in [5.74, 6) is 0. The van der Waals surface area contributed by atoms with Crippen LogP contribution < -0.4 is 0 Å². The standard InChI is InChI=1S/C51H32BrN.C34H20BrNO.C34H20BrNS/c52-47-22-12-11-19-39(47)35-24-27-42-43-28-23-34-14-8-10-21-41(34)50(43)53(48(42)31-35)38-26-30-45-44(32-38)49-40-20-9-7-13-33(40)25-29-46(49)51(45,36-15-3-1-4-16-36)37-17-5-2-6-18-37;2*35-29-11-5-3-8-24(29)22-13-16-27-26-10-4-6-12-30(26)36(31(27)19-22)23-15-18-32-28(20-23)34-25-9-2-1-7-21(25)14-17-33(34)37-32/h1-32H;2*1-20H. The van der Waals surface area contributed by atoms with Gasteiger partial charge in [0, 0.05) is 99.1 Å². The number of fused-ring (bicyclic) bond motifs is 26. The summed E-state index contributed by atoms with van der Waals surface area (Å²) in [4.78, 5) is 0. The summed E-state index contributed by atoms with van der Waals surface area (Å²) in [6, 6.07) is 159. The molecule has 0 saturated heterocycles. The van der Waals surface area contributed by atoms with Gasteiger partial charge in [0.2, 0.25) is 0 Å². The van der Waals surface area contributed by atoms with Crippen LogP contribution in [0.1, 0.15) is 22.3 Å². The summed E-state index contributed by atoms with van der Waals surface area (Å²) in [6.45, 7) is 0. The van der Waals surface area contributed by atoms with Crippen LogP contribution in [0.3, 0.4) is 0 Å². The van der Waals surface area contributed by atoms with Crippen LogP contribution in [0.4, 0.5) is 0 Å². The van der Waals surface area contributed by atoms with Gasteiger partial charge in [0.05, 0.1) is 38.5 Å². The third kappa shape index (κ3) is 12.0. The summed E-state index contributed by atoms with van der Waals surface area (Å²) in [5, 5.41) is 22.6. The largest absolute Gasteiger partial charge is 0.456 e. The van der Waals surface area contributed by atoms with Gasteiger partial charge in [-0.15, -0.1) is 11.3 Å². The van der Waals surface area contributed by atoms with E-state index in [0.717, 1.165) is 41.3 Å². The third-order valence-corrected chi connectivity index (χ3v) is 29.6. The van der Waals surface area contributed by atoms with E-state index in [1.807, 2.05) is 11.3 Å². The van der Waals surface area contributed by atoms with Crippen molar-refractivity contribution in [2.75, 3.05) is 0 Å². The highest BCUT2D eigenvalue weighted by Gasteiger charge is 2.47. The van der Waals surface area contributed by atoms with E-state index in [2.05, 4.69) is 498 Å². The molecule has 596 valence electrons. The molecular weight excluding hydrogens is 1760 g/mol. The van der Waals surface area contributed by atoms with Gasteiger partial charge in [-0.2, -0.15) is 0 Å². The zero-order valence-electron chi connectivity index (χ0n) is 68.4. The van der Waals surface area contributed by atoms with E-state index in [9.17, 15) is 0 Å². The van der Waals surface area contributed by atoms with Crippen LogP contribution in [0.5, 0.6) is 0 Å². The van der Waals surface area contributed by atoms with Gasteiger partial charge in [-0.05, 0) is 214 Å². The van der Waals surface area contributed by atoms with Crippen molar-refractivity contribution < 1.29 is 4.42 Å². The molecule has 27 rings (SSSR count). The van der Waals surface area contributed by atoms with Gasteiger partial charge in [0.15, 0.2) is 0 Å². The Labute approximate surface area is 760 Å². The first kappa shape index (κ1) is 75.1. The van der Waals surface area contributed by atoms with Crippen LogP contribution in [-0.2, 0) is 5.41 Å². The fourth-order valence-electron chi connectivity index (χ4n) is 20.9. The smallest absolute Gasteiger partial charge is 0.136 e. The highest BCUT2D eigenvalue weighted by atomic mass is 79.9. The van der Waals surface area contributed by atoms with Gasteiger partial charge in [-0.1, -0.05) is 375 Å². The molecule has 0 N–H and O–H groups in total. The minimum atomic E-state index is -0.476. The maximum absolute atomic E-state index is 6.28. The molecule has 0 radical (unpaired) electrons. The molecule has 127 heavy (non-hydrogen) atoms. The fourth-order valence-corrected chi connectivity index (χ4v) is 23.5. The van der Waals surface area contributed by atoms with Crippen LogP contribution in [0.15, 0.2) is 455 Å². The molecule has 0 spiro atoms. The number of aromatic nitrogens is 3. The van der Waals surface area contributed by atoms with E-state index < -0.39 is 5.41 Å². The van der Waals surface area contributed by atoms with Crippen molar-refractivity contribution in [3.63, 3.8) is 0 Å². The molecule has 5 aromatic heterocycles. The average molecular weight is 1830 g/mol. The van der Waals surface area contributed by atoms with Crippen molar-refractivity contribution >= 4 is 210 Å². The lowest BCUT2D eigenvalue weighted by Crippen LogP contribution is -2.28. The molecule has 1 aliphatic carbocycles. The van der Waals surface area contributed by atoms with Crippen LogP contribution in [0.25, 0.3) is 212 Å². The first-order chi connectivity index (χ1) is 62.7. The third-order valence-electron chi connectivity index (χ3n) is 26.4. The molecule has 0 amide bonds. The van der Waals surface area contributed by atoms with Crippen molar-refractivity contribution in [3.05, 3.63) is 472 Å². The molecule has 0 bridgehead atoms. The van der Waals surface area contributed by atoms with E-state index in [0.29, 0.717) is 0 Å². The van der Waals surface area contributed by atoms with Crippen molar-refractivity contribution in [1.29, 1.82) is 0 Å². The zero-order chi connectivity index (χ0) is 84.1. The number of hydrogen-bond acceptors (Lipinski definition) is 2. The van der Waals surface area contributed by atoms with E-state index in [4.69, 9.17) is 4.42 Å². The molecule has 0 unspecified atom stereocenters. The molecule has 0 atom stereocenters. The minimum Gasteiger partial charge on any atom is -0.456 e. The summed E-state index contributed by atoms with van der Waals surface area (Å²) in [7, 11) is 0. The number of para-hydroxylation sites is 2. The molecule has 8 heteroatoms. The van der Waals surface area contributed by atoms with E-state index >= 15 is 0 Å².